The van der Waals surface area contributed by atoms with Crippen LogP contribution in [0, 0.1) is 5.92 Å². The number of piperidine rings is 1. The number of halogens is 2. The van der Waals surface area contributed by atoms with Gasteiger partial charge >= 0.3 is 0 Å². The molecule has 0 radical (unpaired) electrons. The highest BCUT2D eigenvalue weighted by atomic mass is 35.5. The normalized spacial score (nSPS) is 16.9. The van der Waals surface area contributed by atoms with E-state index in [0.717, 1.165) is 25.8 Å². The molecule has 150 valence electrons. The van der Waals surface area contributed by atoms with Crippen molar-refractivity contribution in [3.05, 3.63) is 28.2 Å². The molecule has 2 rings (SSSR count). The predicted molar refractivity (Wildman–Crippen MR) is 108 cm³/mol. The molecule has 0 aliphatic carbocycles. The van der Waals surface area contributed by atoms with Gasteiger partial charge in [-0.1, -0.05) is 36.2 Å². The third-order valence-electron chi connectivity index (χ3n) is 4.65. The fourth-order valence-corrected chi connectivity index (χ4v) is 3.54. The number of rotatable bonds is 9. The van der Waals surface area contributed by atoms with Crippen molar-refractivity contribution in [2.75, 3.05) is 26.2 Å². The Balaban J connectivity index is 1.69. The summed E-state index contributed by atoms with van der Waals surface area (Å²) in [6.07, 6.45) is 4.50. The van der Waals surface area contributed by atoms with Gasteiger partial charge in [-0.15, -0.1) is 0 Å². The van der Waals surface area contributed by atoms with Crippen LogP contribution in [0.1, 0.15) is 45.4 Å². The van der Waals surface area contributed by atoms with Gasteiger partial charge in [-0.2, -0.15) is 0 Å². The third-order valence-corrected chi connectivity index (χ3v) is 5.45. The molecule has 1 N–H and O–H groups in total. The molecule has 1 aliphatic rings. The Kier molecular flexibility index (Phi) is 9.22. The smallest absolute Gasteiger partial charge is 0.222 e. The molecule has 2 amide bonds. The monoisotopic (exact) mass is 414 g/mol. The van der Waals surface area contributed by atoms with Crippen LogP contribution in [0.4, 0.5) is 0 Å². The van der Waals surface area contributed by atoms with Crippen molar-refractivity contribution >= 4 is 35.0 Å². The first-order valence-corrected chi connectivity index (χ1v) is 10.4. The largest absolute Gasteiger partial charge is 0.492 e. The molecule has 1 fully saturated rings. The van der Waals surface area contributed by atoms with Crippen molar-refractivity contribution < 1.29 is 14.3 Å². The Morgan fingerprint density at radius 2 is 2.11 bits per heavy atom. The van der Waals surface area contributed by atoms with Crippen molar-refractivity contribution in [1.82, 2.24) is 10.2 Å². The SMILES string of the molecule is CCCC(=O)NCC1CCCN(C(=O)CCCOc2cccc(Cl)c2Cl)C1. The molecule has 1 aromatic carbocycles. The summed E-state index contributed by atoms with van der Waals surface area (Å²) in [5.41, 5.74) is 0. The van der Waals surface area contributed by atoms with E-state index >= 15 is 0 Å². The molecule has 1 aromatic rings. The highest BCUT2D eigenvalue weighted by Crippen LogP contribution is 2.31. The molecular formula is C20H28Cl2N2O3. The van der Waals surface area contributed by atoms with Gasteiger partial charge in [-0.25, -0.2) is 0 Å². The number of benzene rings is 1. The summed E-state index contributed by atoms with van der Waals surface area (Å²) in [7, 11) is 0. The van der Waals surface area contributed by atoms with Gasteiger partial charge in [0.15, 0.2) is 0 Å². The first-order valence-electron chi connectivity index (χ1n) is 9.62. The van der Waals surface area contributed by atoms with Gasteiger partial charge in [0.2, 0.25) is 11.8 Å². The second-order valence-electron chi connectivity index (χ2n) is 6.91. The summed E-state index contributed by atoms with van der Waals surface area (Å²) in [6, 6.07) is 5.25. The quantitative estimate of drug-likeness (QED) is 0.612. The lowest BCUT2D eigenvalue weighted by atomic mass is 9.97. The molecule has 1 heterocycles. The molecule has 0 aromatic heterocycles. The van der Waals surface area contributed by atoms with Crippen LogP contribution in [0.5, 0.6) is 5.75 Å². The lowest BCUT2D eigenvalue weighted by Gasteiger charge is -2.33. The van der Waals surface area contributed by atoms with Crippen LogP contribution in [0.3, 0.4) is 0 Å². The van der Waals surface area contributed by atoms with E-state index in [4.69, 9.17) is 27.9 Å². The van der Waals surface area contributed by atoms with Crippen LogP contribution in [0.2, 0.25) is 10.0 Å². The topological polar surface area (TPSA) is 58.6 Å². The molecule has 1 unspecified atom stereocenters. The predicted octanol–water partition coefficient (Wildman–Crippen LogP) is 4.31. The van der Waals surface area contributed by atoms with Crippen LogP contribution < -0.4 is 10.1 Å². The first kappa shape index (κ1) is 21.8. The fourth-order valence-electron chi connectivity index (χ4n) is 3.19. The number of hydrogen-bond acceptors (Lipinski definition) is 3. The second kappa shape index (κ2) is 11.4. The summed E-state index contributed by atoms with van der Waals surface area (Å²) in [5.74, 6) is 1.11. The Labute approximate surface area is 171 Å². The maximum atomic E-state index is 12.5. The van der Waals surface area contributed by atoms with E-state index in [1.807, 2.05) is 11.8 Å². The number of nitrogens with zero attached hydrogens (tertiary/aromatic N) is 1. The summed E-state index contributed by atoms with van der Waals surface area (Å²) < 4.78 is 5.63. The molecule has 5 nitrogen and oxygen atoms in total. The van der Waals surface area contributed by atoms with E-state index in [1.54, 1.807) is 18.2 Å². The van der Waals surface area contributed by atoms with Gasteiger partial charge in [0, 0.05) is 32.5 Å². The van der Waals surface area contributed by atoms with Crippen LogP contribution in [0.25, 0.3) is 0 Å². The summed E-state index contributed by atoms with van der Waals surface area (Å²) in [4.78, 5) is 26.0. The minimum Gasteiger partial charge on any atom is -0.492 e. The van der Waals surface area contributed by atoms with E-state index in [0.29, 0.717) is 60.7 Å². The zero-order valence-corrected chi connectivity index (χ0v) is 17.3. The molecular weight excluding hydrogens is 387 g/mol. The number of hydrogen-bond donors (Lipinski definition) is 1. The Bertz CT molecular complexity index is 640. The second-order valence-corrected chi connectivity index (χ2v) is 7.69. The van der Waals surface area contributed by atoms with E-state index in [2.05, 4.69) is 5.32 Å². The van der Waals surface area contributed by atoms with Crippen molar-refractivity contribution in [3.63, 3.8) is 0 Å². The van der Waals surface area contributed by atoms with Crippen molar-refractivity contribution in [2.24, 2.45) is 5.92 Å². The number of amides is 2. The van der Waals surface area contributed by atoms with E-state index < -0.39 is 0 Å². The highest BCUT2D eigenvalue weighted by Gasteiger charge is 2.23. The minimum absolute atomic E-state index is 0.0952. The summed E-state index contributed by atoms with van der Waals surface area (Å²) >= 11 is 12.0. The van der Waals surface area contributed by atoms with Gasteiger partial charge in [-0.3, -0.25) is 9.59 Å². The molecule has 0 bridgehead atoms. The van der Waals surface area contributed by atoms with Crippen LogP contribution >= 0.6 is 23.2 Å². The highest BCUT2D eigenvalue weighted by molar-refractivity contribution is 6.42. The van der Waals surface area contributed by atoms with Crippen LogP contribution in [-0.4, -0.2) is 43.0 Å². The lowest BCUT2D eigenvalue weighted by molar-refractivity contribution is -0.133. The Morgan fingerprint density at radius 3 is 2.89 bits per heavy atom. The average molecular weight is 415 g/mol. The average Bonchev–Trinajstić information content (AvgIpc) is 2.67. The standard InChI is InChI=1S/C20H28Cl2N2O3/c1-2-6-18(25)23-13-15-7-4-11-24(14-15)19(26)10-5-12-27-17-9-3-8-16(21)20(17)22/h3,8-9,15H,2,4-7,10-14H2,1H3,(H,23,25). The lowest BCUT2D eigenvalue weighted by Crippen LogP contribution is -2.43. The maximum Gasteiger partial charge on any atom is 0.222 e. The zero-order valence-electron chi connectivity index (χ0n) is 15.8. The number of ether oxygens (including phenoxy) is 1. The molecule has 0 saturated carbocycles. The van der Waals surface area contributed by atoms with Gasteiger partial charge < -0.3 is 15.0 Å². The molecule has 27 heavy (non-hydrogen) atoms. The summed E-state index contributed by atoms with van der Waals surface area (Å²) in [5, 5.41) is 3.82. The van der Waals surface area contributed by atoms with Crippen molar-refractivity contribution in [2.45, 2.75) is 45.4 Å². The number of carbonyl (C=O) groups is 2. The number of likely N-dealkylation sites (tertiary alicyclic amines) is 1. The van der Waals surface area contributed by atoms with Gasteiger partial charge in [0.1, 0.15) is 10.8 Å². The Morgan fingerprint density at radius 1 is 1.30 bits per heavy atom. The van der Waals surface area contributed by atoms with Crippen LogP contribution in [-0.2, 0) is 9.59 Å². The first-order chi connectivity index (χ1) is 13.0. The molecule has 1 saturated heterocycles. The third kappa shape index (κ3) is 7.23. The Hall–Kier alpha value is -1.46. The zero-order chi connectivity index (χ0) is 19.6. The van der Waals surface area contributed by atoms with Crippen LogP contribution in [0.15, 0.2) is 18.2 Å². The molecule has 0 spiro atoms. The molecule has 1 aliphatic heterocycles. The van der Waals surface area contributed by atoms with Gasteiger partial charge in [-0.05, 0) is 43.7 Å². The minimum atomic E-state index is 0.0952. The van der Waals surface area contributed by atoms with Crippen molar-refractivity contribution in [1.29, 1.82) is 0 Å². The number of nitrogens with one attached hydrogen (secondary N) is 1. The summed E-state index contributed by atoms with van der Waals surface area (Å²) in [6.45, 7) is 4.56. The molecule has 1 atom stereocenters. The van der Waals surface area contributed by atoms with E-state index in [-0.39, 0.29) is 11.8 Å². The van der Waals surface area contributed by atoms with Gasteiger partial charge in [0.05, 0.1) is 11.6 Å². The van der Waals surface area contributed by atoms with Gasteiger partial charge in [0.25, 0.3) is 0 Å². The fraction of sp³-hybridized carbons (Fsp3) is 0.600. The molecule has 7 heteroatoms. The number of carbonyl (C=O) groups excluding carboxylic acids is 2. The maximum absolute atomic E-state index is 12.5. The van der Waals surface area contributed by atoms with E-state index in [9.17, 15) is 9.59 Å². The van der Waals surface area contributed by atoms with Crippen molar-refractivity contribution in [3.8, 4) is 5.75 Å². The van der Waals surface area contributed by atoms with E-state index in [1.165, 1.54) is 0 Å².